The van der Waals surface area contributed by atoms with E-state index < -0.39 is 9.84 Å². The quantitative estimate of drug-likeness (QED) is 0.144. The fraction of sp³-hybridized carbons (Fsp3) is 0.260. The van der Waals surface area contributed by atoms with E-state index in [1.54, 1.807) is 32.0 Å². The normalized spacial score (nSPS) is 14.6. The first-order chi connectivity index (χ1) is 32.5. The molecule has 16 nitrogen and oxygen atoms in total. The van der Waals surface area contributed by atoms with E-state index in [2.05, 4.69) is 90.6 Å². The molecule has 17 heteroatoms. The van der Waals surface area contributed by atoms with E-state index in [4.69, 9.17) is 0 Å². The lowest BCUT2D eigenvalue weighted by Gasteiger charge is -2.35. The number of benzene rings is 2. The molecule has 340 valence electrons. The van der Waals surface area contributed by atoms with Crippen LogP contribution in [0.4, 0.5) is 23.0 Å². The molecule has 0 radical (unpaired) electrons. The molecule has 2 saturated heterocycles. The molecule has 0 atom stereocenters. The first-order valence-corrected chi connectivity index (χ1v) is 24.0. The van der Waals surface area contributed by atoms with Crippen molar-refractivity contribution in [2.45, 2.75) is 33.9 Å². The van der Waals surface area contributed by atoms with Crippen LogP contribution in [0, 0.1) is 13.8 Å². The molecule has 8 aromatic rings. The number of amides is 1. The third-order valence-corrected chi connectivity index (χ3v) is 13.6. The smallest absolute Gasteiger partial charge is 0.219 e. The SMILES string of the molecule is CC(=O)N1CCN(c2ccc3c(NCc4ccc(-c5ccnc(C)c5)nc4)ncnc3c2)CC1.Cc1cc(-c2ccc(CNc3ncnc4cc(N5CCS(=O)(=O)CC5)ccc34)cn2)ccn1. The molecule has 2 aliphatic rings. The number of fused-ring (bicyclic) bond motifs is 2. The van der Waals surface area contributed by atoms with Gasteiger partial charge in [0.1, 0.15) is 24.3 Å². The number of piperazine rings is 1. The zero-order valence-corrected chi connectivity index (χ0v) is 38.5. The number of anilines is 4. The summed E-state index contributed by atoms with van der Waals surface area (Å²) < 4.78 is 23.4. The highest BCUT2D eigenvalue weighted by Gasteiger charge is 2.23. The predicted octanol–water partition coefficient (Wildman–Crippen LogP) is 6.92. The summed E-state index contributed by atoms with van der Waals surface area (Å²) in [6.45, 7) is 10.9. The molecule has 0 aliphatic carbocycles. The maximum Gasteiger partial charge on any atom is 0.219 e. The highest BCUT2D eigenvalue weighted by molar-refractivity contribution is 7.91. The van der Waals surface area contributed by atoms with Crippen LogP contribution in [0.25, 0.3) is 44.3 Å². The van der Waals surface area contributed by atoms with E-state index in [1.165, 1.54) is 0 Å². The van der Waals surface area contributed by atoms with Crippen molar-refractivity contribution in [1.29, 1.82) is 0 Å². The molecule has 67 heavy (non-hydrogen) atoms. The highest BCUT2D eigenvalue weighted by atomic mass is 32.2. The van der Waals surface area contributed by atoms with Crippen molar-refractivity contribution in [1.82, 2.24) is 44.8 Å². The monoisotopic (exact) mass is 913 g/mol. The Hall–Kier alpha value is -7.66. The Morgan fingerprint density at radius 2 is 1.03 bits per heavy atom. The van der Waals surface area contributed by atoms with Gasteiger partial charge >= 0.3 is 0 Å². The highest BCUT2D eigenvalue weighted by Crippen LogP contribution is 2.28. The van der Waals surface area contributed by atoms with Crippen molar-refractivity contribution >= 4 is 60.6 Å². The van der Waals surface area contributed by atoms with Crippen LogP contribution >= 0.6 is 0 Å². The van der Waals surface area contributed by atoms with Crippen LogP contribution in [0.5, 0.6) is 0 Å². The number of nitrogens with one attached hydrogen (secondary N) is 2. The van der Waals surface area contributed by atoms with Gasteiger partial charge in [-0.05, 0) is 97.8 Å². The number of aromatic nitrogens is 8. The Balaban J connectivity index is 0.000000168. The molecule has 1 amide bonds. The van der Waals surface area contributed by atoms with Crippen LogP contribution in [0.3, 0.4) is 0 Å². The maximum atomic E-state index is 11.7. The van der Waals surface area contributed by atoms with E-state index in [9.17, 15) is 13.2 Å². The lowest BCUT2D eigenvalue weighted by molar-refractivity contribution is -0.129. The minimum absolute atomic E-state index is 0.138. The fourth-order valence-electron chi connectivity index (χ4n) is 8.20. The molecule has 6 aromatic heterocycles. The van der Waals surface area contributed by atoms with Crippen LogP contribution in [-0.2, 0) is 27.7 Å². The number of pyridine rings is 4. The number of nitrogens with zero attached hydrogens (tertiary/aromatic N) is 11. The zero-order valence-electron chi connectivity index (χ0n) is 37.7. The molecule has 2 fully saturated rings. The summed E-state index contributed by atoms with van der Waals surface area (Å²) in [4.78, 5) is 53.3. The third-order valence-electron chi connectivity index (χ3n) is 12.0. The van der Waals surface area contributed by atoms with Crippen molar-refractivity contribution in [3.8, 4) is 22.5 Å². The molecule has 8 heterocycles. The largest absolute Gasteiger partial charge is 0.369 e. The number of sulfone groups is 1. The van der Waals surface area contributed by atoms with Crippen molar-refractivity contribution in [2.75, 3.05) is 71.2 Å². The number of carbonyl (C=O) groups excluding carboxylic acids is 1. The second kappa shape index (κ2) is 19.8. The van der Waals surface area contributed by atoms with Crippen molar-refractivity contribution in [2.24, 2.45) is 0 Å². The first-order valence-electron chi connectivity index (χ1n) is 22.2. The molecule has 0 saturated carbocycles. The first kappa shape index (κ1) is 44.5. The van der Waals surface area contributed by atoms with Gasteiger partial charge in [-0.15, -0.1) is 0 Å². The number of hydrogen-bond donors (Lipinski definition) is 2. The van der Waals surface area contributed by atoms with E-state index in [1.807, 2.05) is 85.7 Å². The van der Waals surface area contributed by atoms with Gasteiger partial charge in [0.15, 0.2) is 9.84 Å². The summed E-state index contributed by atoms with van der Waals surface area (Å²) in [6.07, 6.45) is 10.5. The minimum atomic E-state index is -2.91. The number of hydrogen-bond acceptors (Lipinski definition) is 15. The van der Waals surface area contributed by atoms with Crippen LogP contribution in [0.2, 0.25) is 0 Å². The van der Waals surface area contributed by atoms with Crippen LogP contribution in [0.15, 0.2) is 122 Å². The Bertz CT molecular complexity index is 3130. The Morgan fingerprint density at radius 1 is 0.552 bits per heavy atom. The second-order valence-electron chi connectivity index (χ2n) is 16.7. The molecule has 0 bridgehead atoms. The fourth-order valence-corrected chi connectivity index (χ4v) is 9.40. The Labute approximate surface area is 389 Å². The lowest BCUT2D eigenvalue weighted by atomic mass is 10.1. The molecule has 2 aromatic carbocycles. The maximum absolute atomic E-state index is 11.7. The van der Waals surface area contributed by atoms with Crippen molar-refractivity contribution < 1.29 is 13.2 Å². The second-order valence-corrected chi connectivity index (χ2v) is 19.0. The molecule has 0 spiro atoms. The Kier molecular flexibility index (Phi) is 13.2. The zero-order chi connectivity index (χ0) is 46.3. The molecule has 2 N–H and O–H groups in total. The average molecular weight is 914 g/mol. The summed E-state index contributed by atoms with van der Waals surface area (Å²) in [5.74, 6) is 2.07. The summed E-state index contributed by atoms with van der Waals surface area (Å²) in [5, 5.41) is 8.72. The summed E-state index contributed by atoms with van der Waals surface area (Å²) in [5.41, 5.74) is 11.8. The molecule has 2 aliphatic heterocycles. The Morgan fingerprint density at radius 3 is 1.46 bits per heavy atom. The standard InChI is InChI=1S/C26H27N7O.C24H24N6O2S/c1-18-13-21(7-8-27-18)24-6-3-20(15-28-24)16-29-26-23-5-4-22(14-25(23)30-17-31-26)33-11-9-32(10-12-33)19(2)34;1-17-12-19(6-7-25-17)22-5-2-18(14-26-22)15-27-24-21-4-3-20(13-23(21)28-16-29-24)30-8-10-33(31,32)11-9-30/h3-8,13-15,17H,9-12,16H2,1-2H3,(H,29,30,31);2-7,12-14,16H,8-11,15H2,1H3,(H,27,28,29). The number of carbonyl (C=O) groups is 1. The van der Waals surface area contributed by atoms with E-state index in [0.717, 1.165) is 116 Å². The third kappa shape index (κ3) is 10.9. The van der Waals surface area contributed by atoms with Gasteiger partial charge in [-0.2, -0.15) is 0 Å². The summed E-state index contributed by atoms with van der Waals surface area (Å²) >= 11 is 0. The lowest BCUT2D eigenvalue weighted by Crippen LogP contribution is -2.48. The topological polar surface area (TPSA) is 188 Å². The molecular weight excluding hydrogens is 863 g/mol. The van der Waals surface area contributed by atoms with Crippen LogP contribution in [-0.4, -0.2) is 110 Å². The van der Waals surface area contributed by atoms with Gasteiger partial charge in [-0.1, -0.05) is 12.1 Å². The van der Waals surface area contributed by atoms with Crippen LogP contribution in [0.1, 0.15) is 29.4 Å². The molecule has 10 rings (SSSR count). The predicted molar refractivity (Wildman–Crippen MR) is 263 cm³/mol. The van der Waals surface area contributed by atoms with E-state index in [0.29, 0.717) is 26.2 Å². The van der Waals surface area contributed by atoms with Gasteiger partial charge in [-0.3, -0.25) is 24.7 Å². The molecule has 0 unspecified atom stereocenters. The van der Waals surface area contributed by atoms with Gasteiger partial charge in [0, 0.05) is 129 Å². The minimum Gasteiger partial charge on any atom is -0.369 e. The van der Waals surface area contributed by atoms with Gasteiger partial charge in [0.05, 0.1) is 33.9 Å². The van der Waals surface area contributed by atoms with Gasteiger partial charge in [0.25, 0.3) is 0 Å². The van der Waals surface area contributed by atoms with Gasteiger partial charge in [0.2, 0.25) is 5.91 Å². The van der Waals surface area contributed by atoms with E-state index in [-0.39, 0.29) is 17.4 Å². The van der Waals surface area contributed by atoms with Crippen LogP contribution < -0.4 is 20.4 Å². The van der Waals surface area contributed by atoms with E-state index >= 15 is 0 Å². The van der Waals surface area contributed by atoms with Crippen molar-refractivity contribution in [3.63, 3.8) is 0 Å². The van der Waals surface area contributed by atoms with Gasteiger partial charge in [-0.25, -0.2) is 28.4 Å². The van der Waals surface area contributed by atoms with Gasteiger partial charge < -0.3 is 25.3 Å². The molecular formula is C50H51N13O3S. The number of aryl methyl sites for hydroxylation is 2. The average Bonchev–Trinajstić information content (AvgIpc) is 3.35. The summed E-state index contributed by atoms with van der Waals surface area (Å²) in [6, 6.07) is 28.4. The number of rotatable bonds is 10. The summed E-state index contributed by atoms with van der Waals surface area (Å²) in [7, 11) is -2.91. The van der Waals surface area contributed by atoms with Crippen molar-refractivity contribution in [3.05, 3.63) is 145 Å².